The first kappa shape index (κ1) is 15.3. The van der Waals surface area contributed by atoms with Gasteiger partial charge in [0.15, 0.2) is 6.10 Å². The van der Waals surface area contributed by atoms with Crippen LogP contribution >= 0.6 is 0 Å². The van der Waals surface area contributed by atoms with Crippen molar-refractivity contribution in [3.63, 3.8) is 0 Å². The summed E-state index contributed by atoms with van der Waals surface area (Å²) in [5.41, 5.74) is 2.68. The molecule has 3 rings (SSSR count). The third-order valence-electron chi connectivity index (χ3n) is 4.31. The van der Waals surface area contributed by atoms with Crippen molar-refractivity contribution in [2.24, 2.45) is 0 Å². The van der Waals surface area contributed by atoms with Gasteiger partial charge in [0.2, 0.25) is 0 Å². The first-order chi connectivity index (χ1) is 11.0. The molecule has 1 atom stereocenters. The van der Waals surface area contributed by atoms with Gasteiger partial charge in [-0.2, -0.15) is 5.26 Å². The van der Waals surface area contributed by atoms with Crippen LogP contribution < -0.4 is 9.64 Å². The molecule has 5 nitrogen and oxygen atoms in total. The molecule has 23 heavy (non-hydrogen) atoms. The minimum Gasteiger partial charge on any atom is -0.476 e. The number of carbonyl (C=O) groups excluding carboxylic acids is 2. The average molecular weight is 310 g/mol. The second-order valence-corrected chi connectivity index (χ2v) is 5.95. The number of rotatable bonds is 3. The Hall–Kier alpha value is -2.61. The number of carbonyl (C=O) groups is 2. The van der Waals surface area contributed by atoms with Gasteiger partial charge in [-0.05, 0) is 51.2 Å². The number of anilines is 1. The summed E-state index contributed by atoms with van der Waals surface area (Å²) in [5, 5.41) is 8.89. The van der Waals surface area contributed by atoms with Crippen LogP contribution in [0.4, 0.5) is 5.69 Å². The number of amides is 2. The van der Waals surface area contributed by atoms with E-state index in [2.05, 4.69) is 0 Å². The molecule has 0 spiro atoms. The maximum absolute atomic E-state index is 12.6. The summed E-state index contributed by atoms with van der Waals surface area (Å²) in [7, 11) is 0. The first-order valence-electron chi connectivity index (χ1n) is 7.80. The van der Waals surface area contributed by atoms with Crippen LogP contribution in [0.5, 0.6) is 5.75 Å². The van der Waals surface area contributed by atoms with Gasteiger partial charge < -0.3 is 4.74 Å². The molecule has 1 aliphatic carbocycles. The number of hydrogen-bond donors (Lipinski definition) is 0. The van der Waals surface area contributed by atoms with Gasteiger partial charge in [-0.15, -0.1) is 0 Å². The van der Waals surface area contributed by atoms with Crippen molar-refractivity contribution in [3.05, 3.63) is 34.9 Å². The monoisotopic (exact) mass is 310 g/mol. The molecule has 0 fully saturated rings. The predicted molar refractivity (Wildman–Crippen MR) is 84.9 cm³/mol. The minimum atomic E-state index is -0.597. The molecule has 1 aromatic rings. The summed E-state index contributed by atoms with van der Waals surface area (Å²) in [6.07, 6.45) is 2.66. The number of ether oxygens (including phenoxy) is 1. The van der Waals surface area contributed by atoms with E-state index >= 15 is 0 Å². The highest BCUT2D eigenvalue weighted by molar-refractivity contribution is 6.33. The van der Waals surface area contributed by atoms with E-state index in [-0.39, 0.29) is 11.8 Å². The van der Waals surface area contributed by atoms with Gasteiger partial charge in [-0.25, -0.2) is 4.90 Å². The van der Waals surface area contributed by atoms with Crippen LogP contribution in [0.1, 0.15) is 38.2 Å². The Bertz CT molecular complexity index is 730. The van der Waals surface area contributed by atoms with E-state index < -0.39 is 6.10 Å². The van der Waals surface area contributed by atoms with Gasteiger partial charge in [0, 0.05) is 17.2 Å². The SMILES string of the molecule is Cc1ccc(N2C(=O)C3=C(CCCC3)C2=O)cc1OC(C)C#N. The van der Waals surface area contributed by atoms with Crippen LogP contribution in [0.15, 0.2) is 29.3 Å². The zero-order chi connectivity index (χ0) is 16.6. The van der Waals surface area contributed by atoms with Crippen LogP contribution in [-0.2, 0) is 9.59 Å². The van der Waals surface area contributed by atoms with Crippen molar-refractivity contribution >= 4 is 17.5 Å². The molecule has 2 aliphatic rings. The lowest BCUT2D eigenvalue weighted by atomic mass is 9.93. The van der Waals surface area contributed by atoms with Gasteiger partial charge >= 0.3 is 0 Å². The summed E-state index contributed by atoms with van der Waals surface area (Å²) in [6, 6.07) is 7.22. The zero-order valence-electron chi connectivity index (χ0n) is 13.3. The standard InChI is InChI=1S/C18H18N2O3/c1-11-7-8-13(9-16(11)23-12(2)10-19)20-17(21)14-5-3-4-6-15(14)18(20)22/h7-9,12H,3-6H2,1-2H3. The Morgan fingerprint density at radius 1 is 1.17 bits per heavy atom. The lowest BCUT2D eigenvalue weighted by Gasteiger charge is -2.18. The van der Waals surface area contributed by atoms with E-state index in [1.807, 2.05) is 13.0 Å². The smallest absolute Gasteiger partial charge is 0.261 e. The highest BCUT2D eigenvalue weighted by Gasteiger charge is 2.39. The maximum atomic E-state index is 12.6. The van der Waals surface area contributed by atoms with Crippen LogP contribution in [0, 0.1) is 18.3 Å². The summed E-state index contributed by atoms with van der Waals surface area (Å²) >= 11 is 0. The van der Waals surface area contributed by atoms with Crippen molar-refractivity contribution < 1.29 is 14.3 Å². The molecule has 118 valence electrons. The van der Waals surface area contributed by atoms with Gasteiger partial charge in [0.05, 0.1) is 5.69 Å². The predicted octanol–water partition coefficient (Wildman–Crippen LogP) is 3.03. The van der Waals surface area contributed by atoms with Gasteiger partial charge in [-0.1, -0.05) is 6.07 Å². The molecule has 0 saturated heterocycles. The van der Waals surface area contributed by atoms with Crippen molar-refractivity contribution in [1.29, 1.82) is 5.26 Å². The number of imide groups is 1. The number of benzene rings is 1. The summed E-state index contributed by atoms with van der Waals surface area (Å²) in [6.45, 7) is 3.51. The van der Waals surface area contributed by atoms with Gasteiger partial charge in [0.1, 0.15) is 11.8 Å². The number of aryl methyl sites for hydroxylation is 1. The molecule has 1 aliphatic heterocycles. The van der Waals surface area contributed by atoms with E-state index in [1.54, 1.807) is 25.1 Å². The Kier molecular flexibility index (Phi) is 3.91. The first-order valence-corrected chi connectivity index (χ1v) is 7.80. The molecule has 0 bridgehead atoms. The van der Waals surface area contributed by atoms with Crippen molar-refractivity contribution in [2.75, 3.05) is 4.90 Å². The largest absolute Gasteiger partial charge is 0.476 e. The summed E-state index contributed by atoms with van der Waals surface area (Å²) < 4.78 is 5.56. The fourth-order valence-electron chi connectivity index (χ4n) is 3.05. The van der Waals surface area contributed by atoms with Gasteiger partial charge in [0.25, 0.3) is 11.8 Å². The zero-order valence-corrected chi connectivity index (χ0v) is 13.3. The van der Waals surface area contributed by atoms with Crippen molar-refractivity contribution in [3.8, 4) is 11.8 Å². The Morgan fingerprint density at radius 3 is 2.35 bits per heavy atom. The van der Waals surface area contributed by atoms with E-state index in [9.17, 15) is 9.59 Å². The maximum Gasteiger partial charge on any atom is 0.261 e. The highest BCUT2D eigenvalue weighted by Crippen LogP contribution is 2.37. The van der Waals surface area contributed by atoms with E-state index in [0.29, 0.717) is 35.4 Å². The minimum absolute atomic E-state index is 0.215. The Labute approximate surface area is 135 Å². The van der Waals surface area contributed by atoms with E-state index in [1.165, 1.54) is 4.90 Å². The molecule has 0 saturated carbocycles. The van der Waals surface area contributed by atoms with Crippen LogP contribution in [0.25, 0.3) is 0 Å². The second-order valence-electron chi connectivity index (χ2n) is 5.95. The van der Waals surface area contributed by atoms with E-state index in [4.69, 9.17) is 10.00 Å². The molecule has 1 unspecified atom stereocenters. The van der Waals surface area contributed by atoms with E-state index in [0.717, 1.165) is 18.4 Å². The Morgan fingerprint density at radius 2 is 1.78 bits per heavy atom. The molecule has 0 radical (unpaired) electrons. The van der Waals surface area contributed by atoms with Crippen molar-refractivity contribution in [2.45, 2.75) is 45.6 Å². The average Bonchev–Trinajstić information content (AvgIpc) is 2.81. The van der Waals surface area contributed by atoms with Crippen molar-refractivity contribution in [1.82, 2.24) is 0 Å². The molecule has 0 N–H and O–H groups in total. The highest BCUT2D eigenvalue weighted by atomic mass is 16.5. The molecule has 5 heteroatoms. The fourth-order valence-corrected chi connectivity index (χ4v) is 3.05. The second kappa shape index (κ2) is 5.88. The summed E-state index contributed by atoms with van der Waals surface area (Å²) in [4.78, 5) is 26.4. The lowest BCUT2D eigenvalue weighted by molar-refractivity contribution is -0.120. The number of nitrogens with zero attached hydrogens (tertiary/aromatic N) is 2. The van der Waals surface area contributed by atoms with Gasteiger partial charge in [-0.3, -0.25) is 9.59 Å². The Balaban J connectivity index is 1.94. The molecular weight excluding hydrogens is 292 g/mol. The van der Waals surface area contributed by atoms with Crippen LogP contribution in [-0.4, -0.2) is 17.9 Å². The number of hydrogen-bond acceptors (Lipinski definition) is 4. The normalized spacial score (nSPS) is 18.7. The lowest BCUT2D eigenvalue weighted by Crippen LogP contribution is -2.31. The summed E-state index contributed by atoms with van der Waals surface area (Å²) in [5.74, 6) is 0.0858. The van der Waals surface area contributed by atoms with Crippen LogP contribution in [0.3, 0.4) is 0 Å². The topological polar surface area (TPSA) is 70.4 Å². The number of nitriles is 1. The molecule has 0 aromatic heterocycles. The third kappa shape index (κ3) is 2.61. The molecule has 1 aromatic carbocycles. The molecule has 2 amide bonds. The van der Waals surface area contributed by atoms with Crippen LogP contribution in [0.2, 0.25) is 0 Å². The molecular formula is C18H18N2O3. The fraction of sp³-hybridized carbons (Fsp3) is 0.389. The quantitative estimate of drug-likeness (QED) is 0.805. The molecule has 1 heterocycles. The third-order valence-corrected chi connectivity index (χ3v) is 4.31.